The van der Waals surface area contributed by atoms with E-state index in [1.165, 1.54) is 0 Å². The van der Waals surface area contributed by atoms with E-state index >= 15 is 0 Å². The van der Waals surface area contributed by atoms with Crippen molar-refractivity contribution < 1.29 is 19.0 Å². The van der Waals surface area contributed by atoms with Crippen molar-refractivity contribution in [3.8, 4) is 11.5 Å². The third kappa shape index (κ3) is 1.73. The Morgan fingerprint density at radius 1 is 1.35 bits per heavy atom. The lowest BCUT2D eigenvalue weighted by Gasteiger charge is -2.35. The van der Waals surface area contributed by atoms with E-state index in [0.29, 0.717) is 18.1 Å². The zero-order valence-corrected chi connectivity index (χ0v) is 11.6. The van der Waals surface area contributed by atoms with E-state index in [1.54, 1.807) is 25.2 Å². The third-order valence-corrected chi connectivity index (χ3v) is 3.95. The van der Waals surface area contributed by atoms with Crippen molar-refractivity contribution in [2.75, 3.05) is 20.8 Å². The Kier molecular flexibility index (Phi) is 3.04. The zero-order valence-electron chi connectivity index (χ0n) is 11.6. The van der Waals surface area contributed by atoms with E-state index in [0.717, 1.165) is 17.5 Å². The molecule has 5 nitrogen and oxygen atoms in total. The van der Waals surface area contributed by atoms with Crippen molar-refractivity contribution in [1.82, 2.24) is 4.90 Å². The molecular formula is C15H17NO4. The summed E-state index contributed by atoms with van der Waals surface area (Å²) in [5.74, 6) is 1.36. The molecule has 1 saturated heterocycles. The molecule has 20 heavy (non-hydrogen) atoms. The Balaban J connectivity index is 2.12. The maximum absolute atomic E-state index is 11.9. The smallest absolute Gasteiger partial charge is 0.410 e. The molecule has 1 aromatic carbocycles. The van der Waals surface area contributed by atoms with Gasteiger partial charge in [-0.25, -0.2) is 4.79 Å². The summed E-state index contributed by atoms with van der Waals surface area (Å²) in [4.78, 5) is 13.6. The first-order chi connectivity index (χ1) is 9.69. The fraction of sp³-hybridized carbons (Fsp3) is 0.400. The molecule has 2 aliphatic rings. The lowest BCUT2D eigenvalue weighted by atomic mass is 9.88. The second-order valence-corrected chi connectivity index (χ2v) is 4.93. The van der Waals surface area contributed by atoms with Gasteiger partial charge in [-0.2, -0.15) is 0 Å². The fourth-order valence-corrected chi connectivity index (χ4v) is 3.00. The Morgan fingerprint density at radius 3 is 2.70 bits per heavy atom. The van der Waals surface area contributed by atoms with Crippen LogP contribution in [0.4, 0.5) is 4.79 Å². The van der Waals surface area contributed by atoms with Crippen LogP contribution in [0.1, 0.15) is 17.2 Å². The van der Waals surface area contributed by atoms with E-state index in [-0.39, 0.29) is 18.2 Å². The van der Waals surface area contributed by atoms with Crippen molar-refractivity contribution in [2.45, 2.75) is 18.5 Å². The SMILES string of the molecule is C=C[C@@H]1c2cc(OC)c(OC)cc2C[C@H]2COC(=O)N21. The van der Waals surface area contributed by atoms with Gasteiger partial charge < -0.3 is 14.2 Å². The number of methoxy groups -OCH3 is 2. The molecule has 2 heterocycles. The molecule has 1 amide bonds. The number of fused-ring (bicyclic) bond motifs is 2. The molecule has 0 aromatic heterocycles. The van der Waals surface area contributed by atoms with Crippen molar-refractivity contribution in [2.24, 2.45) is 0 Å². The van der Waals surface area contributed by atoms with Crippen LogP contribution in [0.5, 0.6) is 11.5 Å². The first-order valence-corrected chi connectivity index (χ1v) is 6.52. The van der Waals surface area contributed by atoms with Gasteiger partial charge in [0.25, 0.3) is 0 Å². The van der Waals surface area contributed by atoms with Crippen LogP contribution in [0.2, 0.25) is 0 Å². The monoisotopic (exact) mass is 275 g/mol. The summed E-state index contributed by atoms with van der Waals surface area (Å²) in [6.45, 7) is 4.28. The molecule has 0 spiro atoms. The summed E-state index contributed by atoms with van der Waals surface area (Å²) >= 11 is 0. The number of hydrogen-bond donors (Lipinski definition) is 0. The molecule has 1 aromatic rings. The van der Waals surface area contributed by atoms with Crippen LogP contribution >= 0.6 is 0 Å². The van der Waals surface area contributed by atoms with E-state index in [1.807, 2.05) is 12.1 Å². The molecule has 0 saturated carbocycles. The minimum atomic E-state index is -0.277. The highest BCUT2D eigenvalue weighted by Crippen LogP contribution is 2.42. The largest absolute Gasteiger partial charge is 0.493 e. The number of carbonyl (C=O) groups is 1. The zero-order chi connectivity index (χ0) is 14.3. The predicted molar refractivity (Wildman–Crippen MR) is 73.2 cm³/mol. The lowest BCUT2D eigenvalue weighted by Crippen LogP contribution is -2.41. The summed E-state index contributed by atoms with van der Waals surface area (Å²) < 4.78 is 15.8. The first kappa shape index (κ1) is 12.8. The molecule has 2 atom stereocenters. The predicted octanol–water partition coefficient (Wildman–Crippen LogP) is 2.31. The van der Waals surface area contributed by atoms with Gasteiger partial charge in [0.2, 0.25) is 0 Å². The molecule has 1 fully saturated rings. The molecule has 5 heteroatoms. The van der Waals surface area contributed by atoms with Crippen molar-refractivity contribution >= 4 is 6.09 Å². The summed E-state index contributed by atoms with van der Waals surface area (Å²) in [6, 6.07) is 3.78. The van der Waals surface area contributed by atoms with Crippen LogP contribution in [0.25, 0.3) is 0 Å². The first-order valence-electron chi connectivity index (χ1n) is 6.52. The molecule has 0 unspecified atom stereocenters. The molecule has 0 radical (unpaired) electrons. The standard InChI is InChI=1S/C15H17NO4/c1-4-12-11-7-14(19-3)13(18-2)6-9(11)5-10-8-20-15(17)16(10)12/h4,6-7,10,12H,1,5,8H2,2-3H3/t10-,12+/m0/s1. The van der Waals surface area contributed by atoms with Crippen LogP contribution in [0.15, 0.2) is 24.8 Å². The van der Waals surface area contributed by atoms with Crippen LogP contribution < -0.4 is 9.47 Å². The average molecular weight is 275 g/mol. The fourth-order valence-electron chi connectivity index (χ4n) is 3.00. The quantitative estimate of drug-likeness (QED) is 0.794. The number of hydrogen-bond acceptors (Lipinski definition) is 4. The van der Waals surface area contributed by atoms with Crippen LogP contribution in [-0.2, 0) is 11.2 Å². The van der Waals surface area contributed by atoms with Gasteiger partial charge in [-0.15, -0.1) is 6.58 Å². The van der Waals surface area contributed by atoms with Gasteiger partial charge in [-0.1, -0.05) is 6.08 Å². The lowest BCUT2D eigenvalue weighted by molar-refractivity contribution is 0.149. The minimum absolute atomic E-state index is 0.0658. The molecule has 0 N–H and O–H groups in total. The topological polar surface area (TPSA) is 48.0 Å². The van der Waals surface area contributed by atoms with Crippen molar-refractivity contribution in [1.29, 1.82) is 0 Å². The van der Waals surface area contributed by atoms with Gasteiger partial charge in [-0.05, 0) is 29.7 Å². The Bertz CT molecular complexity index is 569. The minimum Gasteiger partial charge on any atom is -0.493 e. The Hall–Kier alpha value is -2.17. The van der Waals surface area contributed by atoms with Gasteiger partial charge in [0.1, 0.15) is 6.61 Å². The second kappa shape index (κ2) is 4.74. The highest BCUT2D eigenvalue weighted by atomic mass is 16.6. The van der Waals surface area contributed by atoms with Gasteiger partial charge in [0.15, 0.2) is 11.5 Å². The van der Waals surface area contributed by atoms with Gasteiger partial charge in [0, 0.05) is 0 Å². The molecule has 3 rings (SSSR count). The van der Waals surface area contributed by atoms with Crippen molar-refractivity contribution in [3.63, 3.8) is 0 Å². The van der Waals surface area contributed by atoms with E-state index < -0.39 is 0 Å². The van der Waals surface area contributed by atoms with Crippen molar-refractivity contribution in [3.05, 3.63) is 35.9 Å². The maximum Gasteiger partial charge on any atom is 0.410 e. The molecular weight excluding hydrogens is 258 g/mol. The number of benzene rings is 1. The normalized spacial score (nSPS) is 23.7. The van der Waals surface area contributed by atoms with Gasteiger partial charge >= 0.3 is 6.09 Å². The third-order valence-electron chi connectivity index (χ3n) is 3.95. The number of rotatable bonds is 3. The summed E-state index contributed by atoms with van der Waals surface area (Å²) in [6.07, 6.45) is 2.25. The van der Waals surface area contributed by atoms with Gasteiger partial charge in [-0.3, -0.25) is 4.90 Å². The average Bonchev–Trinajstić information content (AvgIpc) is 2.84. The molecule has 0 aliphatic carbocycles. The second-order valence-electron chi connectivity index (χ2n) is 4.93. The maximum atomic E-state index is 11.9. The Morgan fingerprint density at radius 2 is 2.05 bits per heavy atom. The number of nitrogens with zero attached hydrogens (tertiary/aromatic N) is 1. The molecule has 2 aliphatic heterocycles. The van der Waals surface area contributed by atoms with E-state index in [4.69, 9.17) is 14.2 Å². The highest BCUT2D eigenvalue weighted by molar-refractivity contribution is 5.72. The molecule has 0 bridgehead atoms. The van der Waals surface area contributed by atoms with E-state index in [9.17, 15) is 4.79 Å². The van der Waals surface area contributed by atoms with Crippen LogP contribution in [0, 0.1) is 0 Å². The highest BCUT2D eigenvalue weighted by Gasteiger charge is 2.42. The van der Waals surface area contributed by atoms with E-state index in [2.05, 4.69) is 6.58 Å². The van der Waals surface area contributed by atoms with Crippen LogP contribution in [0.3, 0.4) is 0 Å². The number of cyclic esters (lactones) is 1. The summed E-state index contributed by atoms with van der Waals surface area (Å²) in [7, 11) is 3.22. The summed E-state index contributed by atoms with van der Waals surface area (Å²) in [5.41, 5.74) is 2.17. The number of amides is 1. The van der Waals surface area contributed by atoms with Crippen LogP contribution in [-0.4, -0.2) is 37.9 Å². The van der Waals surface area contributed by atoms with Gasteiger partial charge in [0.05, 0.1) is 26.3 Å². The Labute approximate surface area is 117 Å². The number of ether oxygens (including phenoxy) is 3. The summed E-state index contributed by atoms with van der Waals surface area (Å²) in [5, 5.41) is 0. The molecule has 106 valence electrons. The number of carbonyl (C=O) groups excluding carboxylic acids is 1.